The summed E-state index contributed by atoms with van der Waals surface area (Å²) in [5, 5.41) is 12.5. The smallest absolute Gasteiger partial charge is 0.269 e. The summed E-state index contributed by atoms with van der Waals surface area (Å²) in [6.07, 6.45) is 2.93. The van der Waals surface area contributed by atoms with Crippen molar-refractivity contribution in [1.29, 1.82) is 0 Å². The van der Waals surface area contributed by atoms with E-state index >= 15 is 0 Å². The zero-order valence-electron chi connectivity index (χ0n) is 16.2. The number of H-pyrrole nitrogens is 1. The van der Waals surface area contributed by atoms with Crippen LogP contribution in [-0.2, 0) is 11.2 Å². The normalized spacial score (nSPS) is 12.2. The van der Waals surface area contributed by atoms with Crippen LogP contribution < -0.4 is 5.32 Å². The van der Waals surface area contributed by atoms with Crippen molar-refractivity contribution in [3.8, 4) is 11.3 Å². The van der Waals surface area contributed by atoms with Crippen molar-refractivity contribution < 1.29 is 13.9 Å². The summed E-state index contributed by atoms with van der Waals surface area (Å²) < 4.78 is 10.6. The number of carbonyl (C=O) groups is 1. The summed E-state index contributed by atoms with van der Waals surface area (Å²) in [5.41, 5.74) is 2.13. The second-order valence-electron chi connectivity index (χ2n) is 6.96. The maximum Gasteiger partial charge on any atom is 0.269 e. The largest absolute Gasteiger partial charge is 0.469 e. The molecule has 0 radical (unpaired) electrons. The van der Waals surface area contributed by atoms with E-state index in [2.05, 4.69) is 39.8 Å². The second kappa shape index (κ2) is 8.75. The van der Waals surface area contributed by atoms with Gasteiger partial charge in [-0.2, -0.15) is 5.10 Å². The molecule has 0 aliphatic heterocycles. The average Bonchev–Trinajstić information content (AvgIpc) is 3.44. The topological polar surface area (TPSA) is 80.2 Å². The molecule has 0 aliphatic rings. The molecule has 0 fully saturated rings. The summed E-state index contributed by atoms with van der Waals surface area (Å²) in [4.78, 5) is 12.7. The minimum absolute atomic E-state index is 0.0963. The number of rotatable bonds is 8. The summed E-state index contributed by atoms with van der Waals surface area (Å²) in [7, 11) is 1.65. The quantitative estimate of drug-likeness (QED) is 0.473. The number of aromatic amines is 1. The molecule has 0 saturated heterocycles. The molecule has 1 unspecified atom stereocenters. The summed E-state index contributed by atoms with van der Waals surface area (Å²) in [6, 6.07) is 19.7. The van der Waals surface area contributed by atoms with E-state index in [-0.39, 0.29) is 11.9 Å². The summed E-state index contributed by atoms with van der Waals surface area (Å²) >= 11 is 0. The summed E-state index contributed by atoms with van der Waals surface area (Å²) in [5.74, 6) is 0.630. The van der Waals surface area contributed by atoms with Crippen molar-refractivity contribution in [2.24, 2.45) is 0 Å². The maximum atomic E-state index is 12.7. The number of ether oxygens (including phenoxy) is 1. The molecule has 1 amide bonds. The number of benzene rings is 2. The van der Waals surface area contributed by atoms with Crippen LogP contribution in [0.15, 0.2) is 71.3 Å². The molecule has 4 aromatic rings. The molecule has 1 atom stereocenters. The fourth-order valence-corrected chi connectivity index (χ4v) is 3.35. The molecule has 2 aromatic carbocycles. The van der Waals surface area contributed by atoms with E-state index in [9.17, 15) is 4.79 Å². The Morgan fingerprint density at radius 3 is 2.79 bits per heavy atom. The highest BCUT2D eigenvalue weighted by atomic mass is 16.5. The number of methoxy groups -OCH3 is 1. The number of nitrogens with one attached hydrogen (secondary N) is 2. The van der Waals surface area contributed by atoms with Crippen LogP contribution in [0.2, 0.25) is 0 Å². The van der Waals surface area contributed by atoms with Crippen LogP contribution in [0.3, 0.4) is 0 Å². The predicted molar refractivity (Wildman–Crippen MR) is 112 cm³/mol. The lowest BCUT2D eigenvalue weighted by molar-refractivity contribution is 0.0918. The van der Waals surface area contributed by atoms with E-state index in [1.807, 2.05) is 30.3 Å². The Balaban J connectivity index is 1.48. The minimum Gasteiger partial charge on any atom is -0.469 e. The number of amides is 1. The van der Waals surface area contributed by atoms with E-state index in [4.69, 9.17) is 9.15 Å². The monoisotopic (exact) mass is 389 g/mol. The Morgan fingerprint density at radius 2 is 2.00 bits per heavy atom. The molecule has 0 spiro atoms. The number of furan rings is 1. The van der Waals surface area contributed by atoms with Gasteiger partial charge in [0.15, 0.2) is 0 Å². The van der Waals surface area contributed by atoms with Crippen LogP contribution in [0.25, 0.3) is 22.0 Å². The third kappa shape index (κ3) is 4.55. The second-order valence-corrected chi connectivity index (χ2v) is 6.96. The van der Waals surface area contributed by atoms with E-state index in [1.165, 1.54) is 5.39 Å². The van der Waals surface area contributed by atoms with Gasteiger partial charge in [0.25, 0.3) is 5.91 Å². The zero-order valence-corrected chi connectivity index (χ0v) is 16.2. The zero-order chi connectivity index (χ0) is 20.1. The molecule has 2 heterocycles. The van der Waals surface area contributed by atoms with Crippen LogP contribution in [0, 0.1) is 0 Å². The average molecular weight is 389 g/mol. The molecule has 2 N–H and O–H groups in total. The van der Waals surface area contributed by atoms with Crippen LogP contribution in [0.1, 0.15) is 22.7 Å². The van der Waals surface area contributed by atoms with Crippen molar-refractivity contribution in [2.75, 3.05) is 13.7 Å². The van der Waals surface area contributed by atoms with E-state index < -0.39 is 0 Å². The van der Waals surface area contributed by atoms with E-state index in [1.54, 1.807) is 19.4 Å². The fraction of sp³-hybridized carbons (Fsp3) is 0.217. The van der Waals surface area contributed by atoms with Gasteiger partial charge in [-0.15, -0.1) is 0 Å². The number of hydrogen-bond acceptors (Lipinski definition) is 4. The van der Waals surface area contributed by atoms with E-state index in [0.717, 1.165) is 22.4 Å². The maximum absolute atomic E-state index is 12.7. The van der Waals surface area contributed by atoms with Gasteiger partial charge >= 0.3 is 0 Å². The SMILES string of the molecule is COCCC(Cc1ccco1)NC(=O)c1cc(-c2ccc3ccccc3c2)n[nH]1. The van der Waals surface area contributed by atoms with Crippen LogP contribution in [0.5, 0.6) is 0 Å². The lowest BCUT2D eigenvalue weighted by Gasteiger charge is -2.16. The van der Waals surface area contributed by atoms with Crippen LogP contribution in [-0.4, -0.2) is 35.9 Å². The first kappa shape index (κ1) is 19.0. The van der Waals surface area contributed by atoms with Gasteiger partial charge in [-0.3, -0.25) is 9.89 Å². The van der Waals surface area contributed by atoms with Crippen molar-refractivity contribution in [1.82, 2.24) is 15.5 Å². The number of aromatic nitrogens is 2. The van der Waals surface area contributed by atoms with Gasteiger partial charge in [-0.1, -0.05) is 36.4 Å². The minimum atomic E-state index is -0.197. The van der Waals surface area contributed by atoms with Gasteiger partial charge in [0.2, 0.25) is 0 Å². The highest BCUT2D eigenvalue weighted by molar-refractivity contribution is 5.94. The molecule has 29 heavy (non-hydrogen) atoms. The van der Waals surface area contributed by atoms with Gasteiger partial charge < -0.3 is 14.5 Å². The lowest BCUT2D eigenvalue weighted by Crippen LogP contribution is -2.37. The Hall–Kier alpha value is -3.38. The molecule has 4 rings (SSSR count). The van der Waals surface area contributed by atoms with Gasteiger partial charge in [-0.25, -0.2) is 0 Å². The Morgan fingerprint density at radius 1 is 1.14 bits per heavy atom. The number of fused-ring (bicyclic) bond motifs is 1. The van der Waals surface area contributed by atoms with Gasteiger partial charge in [0.1, 0.15) is 11.5 Å². The van der Waals surface area contributed by atoms with Crippen LogP contribution in [0.4, 0.5) is 0 Å². The number of carbonyl (C=O) groups excluding carboxylic acids is 1. The van der Waals surface area contributed by atoms with E-state index in [0.29, 0.717) is 25.1 Å². The molecule has 0 aliphatic carbocycles. The third-order valence-corrected chi connectivity index (χ3v) is 4.90. The molecule has 6 nitrogen and oxygen atoms in total. The molecule has 148 valence electrons. The number of hydrogen-bond donors (Lipinski definition) is 2. The highest BCUT2D eigenvalue weighted by Gasteiger charge is 2.18. The molecule has 2 aromatic heterocycles. The first-order valence-corrected chi connectivity index (χ1v) is 9.59. The Kier molecular flexibility index (Phi) is 5.72. The predicted octanol–water partition coefficient (Wildman–Crippen LogP) is 4.20. The van der Waals surface area contributed by atoms with Gasteiger partial charge in [0, 0.05) is 31.7 Å². The lowest BCUT2D eigenvalue weighted by atomic mass is 10.0. The van der Waals surface area contributed by atoms with Crippen molar-refractivity contribution in [3.05, 3.63) is 78.4 Å². The summed E-state index contributed by atoms with van der Waals surface area (Å²) in [6.45, 7) is 0.553. The van der Waals surface area contributed by atoms with Crippen molar-refractivity contribution in [2.45, 2.75) is 18.9 Å². The van der Waals surface area contributed by atoms with Gasteiger partial charge in [-0.05, 0) is 41.5 Å². The fourth-order valence-electron chi connectivity index (χ4n) is 3.35. The molecule has 0 saturated carbocycles. The molecule has 6 heteroatoms. The van der Waals surface area contributed by atoms with Crippen molar-refractivity contribution in [3.63, 3.8) is 0 Å². The molecular weight excluding hydrogens is 366 g/mol. The van der Waals surface area contributed by atoms with Crippen molar-refractivity contribution >= 4 is 16.7 Å². The third-order valence-electron chi connectivity index (χ3n) is 4.90. The van der Waals surface area contributed by atoms with Crippen LogP contribution >= 0.6 is 0 Å². The Labute approximate surface area is 168 Å². The van der Waals surface area contributed by atoms with Gasteiger partial charge in [0.05, 0.1) is 12.0 Å². The molecular formula is C23H23N3O3. The highest BCUT2D eigenvalue weighted by Crippen LogP contribution is 2.23. The number of nitrogens with zero attached hydrogens (tertiary/aromatic N) is 1. The Bertz CT molecular complexity index is 1090. The first-order valence-electron chi connectivity index (χ1n) is 9.59. The standard InChI is InChI=1S/C23H23N3O3/c1-28-12-10-19(14-20-7-4-11-29-20)24-23(27)22-15-21(25-26-22)18-9-8-16-5-2-3-6-17(16)13-18/h2-9,11,13,15,19H,10,12,14H2,1H3,(H,24,27)(H,25,26). The first-order chi connectivity index (χ1) is 14.2. The molecule has 0 bridgehead atoms.